The van der Waals surface area contributed by atoms with Crippen LogP contribution in [0.2, 0.25) is 0 Å². The molecule has 0 radical (unpaired) electrons. The van der Waals surface area contributed by atoms with Gasteiger partial charge in [0.15, 0.2) is 0 Å². The molecule has 2 saturated carbocycles. The van der Waals surface area contributed by atoms with Gasteiger partial charge in [-0.1, -0.05) is 18.9 Å². The Bertz CT molecular complexity index is 417. The zero-order chi connectivity index (χ0) is 12.7. The number of hydrogen-bond donors (Lipinski definition) is 2. The van der Waals surface area contributed by atoms with Crippen LogP contribution in [0.25, 0.3) is 0 Å². The maximum Gasteiger partial charge on any atom is 0.130 e. The lowest BCUT2D eigenvalue weighted by Crippen LogP contribution is -2.31. The third-order valence-corrected chi connectivity index (χ3v) is 4.60. The van der Waals surface area contributed by atoms with E-state index >= 15 is 0 Å². The van der Waals surface area contributed by atoms with Gasteiger partial charge in [-0.2, -0.15) is 0 Å². The summed E-state index contributed by atoms with van der Waals surface area (Å²) in [7, 11) is 0. The largest absolute Gasteiger partial charge is 0.271 e. The first-order valence-corrected chi connectivity index (χ1v) is 6.64. The second-order valence-electron chi connectivity index (χ2n) is 5.47. The van der Waals surface area contributed by atoms with Gasteiger partial charge in [-0.05, 0) is 42.7 Å². The molecule has 0 heterocycles. The van der Waals surface area contributed by atoms with Crippen LogP contribution in [0.3, 0.4) is 0 Å². The van der Waals surface area contributed by atoms with Crippen molar-refractivity contribution in [3.05, 3.63) is 35.4 Å². The van der Waals surface area contributed by atoms with Crippen molar-refractivity contribution in [2.24, 2.45) is 23.6 Å². The Hall–Kier alpha value is -1.00. The number of nitrogens with two attached hydrogens (primary N) is 1. The molecule has 0 aromatic heterocycles. The fourth-order valence-electron chi connectivity index (χ4n) is 3.74. The molecule has 18 heavy (non-hydrogen) atoms. The zero-order valence-electron chi connectivity index (χ0n) is 10.2. The van der Waals surface area contributed by atoms with Crippen LogP contribution in [0.4, 0.5) is 8.78 Å². The molecule has 0 spiro atoms. The molecule has 0 aliphatic heterocycles. The van der Waals surface area contributed by atoms with E-state index in [1.807, 2.05) is 0 Å². The third kappa shape index (κ3) is 1.84. The van der Waals surface area contributed by atoms with Gasteiger partial charge in [-0.3, -0.25) is 11.3 Å². The number of halogens is 2. The van der Waals surface area contributed by atoms with Gasteiger partial charge in [0, 0.05) is 5.56 Å². The average molecular weight is 252 g/mol. The van der Waals surface area contributed by atoms with E-state index < -0.39 is 11.6 Å². The van der Waals surface area contributed by atoms with Crippen LogP contribution in [-0.4, -0.2) is 0 Å². The molecule has 3 rings (SSSR count). The molecule has 2 fully saturated rings. The topological polar surface area (TPSA) is 38.0 Å². The Morgan fingerprint density at radius 3 is 2.17 bits per heavy atom. The van der Waals surface area contributed by atoms with Crippen LogP contribution in [0, 0.1) is 29.4 Å². The minimum absolute atomic E-state index is 0.111. The van der Waals surface area contributed by atoms with Crippen LogP contribution in [0.1, 0.15) is 37.3 Å². The molecule has 0 bridgehead atoms. The van der Waals surface area contributed by atoms with Crippen molar-refractivity contribution in [1.82, 2.24) is 5.43 Å². The highest BCUT2D eigenvalue weighted by atomic mass is 19.1. The molecular weight excluding hydrogens is 234 g/mol. The van der Waals surface area contributed by atoms with Gasteiger partial charge in [-0.15, -0.1) is 0 Å². The number of fused-ring (bicyclic) bond motifs is 1. The summed E-state index contributed by atoms with van der Waals surface area (Å²) in [4.78, 5) is 0. The summed E-state index contributed by atoms with van der Waals surface area (Å²) in [6.07, 6.45) is 4.80. The van der Waals surface area contributed by atoms with E-state index in [1.165, 1.54) is 43.9 Å². The molecule has 3 N–H and O–H groups in total. The molecule has 2 aliphatic carbocycles. The summed E-state index contributed by atoms with van der Waals surface area (Å²) in [5.41, 5.74) is 2.75. The summed E-state index contributed by atoms with van der Waals surface area (Å²) in [5.74, 6) is 6.04. The van der Waals surface area contributed by atoms with E-state index in [1.54, 1.807) is 0 Å². The average Bonchev–Trinajstić information content (AvgIpc) is 3.08. The minimum atomic E-state index is -0.499. The van der Waals surface area contributed by atoms with Crippen LogP contribution in [0.5, 0.6) is 0 Å². The zero-order valence-corrected chi connectivity index (χ0v) is 10.2. The molecule has 3 unspecified atom stereocenters. The normalized spacial score (nSPS) is 31.8. The first kappa shape index (κ1) is 12.1. The second-order valence-corrected chi connectivity index (χ2v) is 5.47. The maximum atomic E-state index is 13.8. The van der Waals surface area contributed by atoms with Crippen molar-refractivity contribution in [2.75, 3.05) is 0 Å². The fourth-order valence-corrected chi connectivity index (χ4v) is 3.74. The number of nitrogens with one attached hydrogen (secondary N) is 1. The monoisotopic (exact) mass is 252 g/mol. The van der Waals surface area contributed by atoms with E-state index in [4.69, 9.17) is 5.84 Å². The highest BCUT2D eigenvalue weighted by Crippen LogP contribution is 2.60. The fraction of sp³-hybridized carbons (Fsp3) is 0.571. The smallest absolute Gasteiger partial charge is 0.130 e. The number of hydrogen-bond acceptors (Lipinski definition) is 2. The SMILES string of the molecule is NNC(c1c(F)cccc1F)C1C2CCCCC21. The van der Waals surface area contributed by atoms with Gasteiger partial charge in [0.1, 0.15) is 11.6 Å². The number of rotatable bonds is 3. The van der Waals surface area contributed by atoms with Crippen molar-refractivity contribution >= 4 is 0 Å². The Labute approximate surface area is 106 Å². The van der Waals surface area contributed by atoms with E-state index in [0.29, 0.717) is 17.8 Å². The van der Waals surface area contributed by atoms with Crippen LogP contribution in [0.15, 0.2) is 18.2 Å². The maximum absolute atomic E-state index is 13.8. The van der Waals surface area contributed by atoms with Crippen molar-refractivity contribution in [3.63, 3.8) is 0 Å². The first-order valence-electron chi connectivity index (χ1n) is 6.64. The quantitative estimate of drug-likeness (QED) is 0.641. The Kier molecular flexibility index (Phi) is 3.08. The molecule has 0 saturated heterocycles. The van der Waals surface area contributed by atoms with Gasteiger partial charge in [0.2, 0.25) is 0 Å². The van der Waals surface area contributed by atoms with E-state index in [9.17, 15) is 8.78 Å². The standard InChI is InChI=1S/C14H18F2N2/c15-10-6-3-7-11(16)13(10)14(18-17)12-8-4-1-2-5-9(8)12/h3,6-9,12,14,18H,1-2,4-5,17H2. The van der Waals surface area contributed by atoms with Crippen molar-refractivity contribution in [2.45, 2.75) is 31.7 Å². The van der Waals surface area contributed by atoms with Crippen molar-refractivity contribution in [1.29, 1.82) is 0 Å². The molecule has 1 aromatic carbocycles. The molecule has 3 atom stereocenters. The predicted molar refractivity (Wildman–Crippen MR) is 65.4 cm³/mol. The summed E-state index contributed by atoms with van der Waals surface area (Å²) >= 11 is 0. The Morgan fingerprint density at radius 1 is 1.11 bits per heavy atom. The third-order valence-electron chi connectivity index (χ3n) is 4.60. The minimum Gasteiger partial charge on any atom is -0.271 e. The van der Waals surface area contributed by atoms with Gasteiger partial charge < -0.3 is 0 Å². The molecule has 0 amide bonds. The number of benzene rings is 1. The summed E-state index contributed by atoms with van der Waals surface area (Å²) in [6, 6.07) is 3.60. The summed E-state index contributed by atoms with van der Waals surface area (Å²) < 4.78 is 27.6. The van der Waals surface area contributed by atoms with E-state index in [-0.39, 0.29) is 11.6 Å². The molecule has 2 aliphatic rings. The summed E-state index contributed by atoms with van der Waals surface area (Å²) in [6.45, 7) is 0. The van der Waals surface area contributed by atoms with E-state index in [0.717, 1.165) is 0 Å². The summed E-state index contributed by atoms with van der Waals surface area (Å²) in [5, 5.41) is 0. The lowest BCUT2D eigenvalue weighted by Gasteiger charge is -2.18. The highest BCUT2D eigenvalue weighted by Gasteiger charge is 2.55. The Morgan fingerprint density at radius 2 is 1.67 bits per heavy atom. The predicted octanol–water partition coefficient (Wildman–Crippen LogP) is 2.91. The second kappa shape index (κ2) is 4.59. The van der Waals surface area contributed by atoms with Gasteiger partial charge in [-0.25, -0.2) is 8.78 Å². The molecular formula is C14H18F2N2. The Balaban J connectivity index is 1.89. The van der Waals surface area contributed by atoms with Crippen LogP contribution >= 0.6 is 0 Å². The van der Waals surface area contributed by atoms with Crippen LogP contribution < -0.4 is 11.3 Å². The lowest BCUT2D eigenvalue weighted by atomic mass is 9.99. The first-order chi connectivity index (χ1) is 8.74. The molecule has 2 nitrogen and oxygen atoms in total. The highest BCUT2D eigenvalue weighted by molar-refractivity contribution is 5.26. The van der Waals surface area contributed by atoms with Crippen molar-refractivity contribution in [3.8, 4) is 0 Å². The molecule has 98 valence electrons. The van der Waals surface area contributed by atoms with Gasteiger partial charge in [0.25, 0.3) is 0 Å². The van der Waals surface area contributed by atoms with Crippen molar-refractivity contribution < 1.29 is 8.78 Å². The van der Waals surface area contributed by atoms with Crippen LogP contribution in [-0.2, 0) is 0 Å². The van der Waals surface area contributed by atoms with Gasteiger partial charge >= 0.3 is 0 Å². The van der Waals surface area contributed by atoms with E-state index in [2.05, 4.69) is 5.43 Å². The van der Waals surface area contributed by atoms with Gasteiger partial charge in [0.05, 0.1) is 6.04 Å². The molecule has 4 heteroatoms. The lowest BCUT2D eigenvalue weighted by molar-refractivity contribution is 0.414. The number of hydrazine groups is 1. The molecule has 1 aromatic rings.